The van der Waals surface area contributed by atoms with Crippen LogP contribution in [-0.4, -0.2) is 11.3 Å². The maximum Gasteiger partial charge on any atom is 0.243 e. The first kappa shape index (κ1) is 7.40. The summed E-state index contributed by atoms with van der Waals surface area (Å²) < 4.78 is 0. The van der Waals surface area contributed by atoms with Crippen LogP contribution in [0.1, 0.15) is 6.42 Å². The molecule has 10 heavy (non-hydrogen) atoms. The molecule has 0 saturated heterocycles. The van der Waals surface area contributed by atoms with Gasteiger partial charge in [-0.3, -0.25) is 0 Å². The predicted molar refractivity (Wildman–Crippen MR) is 40.8 cm³/mol. The average Bonchev–Trinajstić information content (AvgIpc) is 2.39. The van der Waals surface area contributed by atoms with Crippen LogP contribution in [0.2, 0.25) is 0 Å². The SMILES string of the molecule is C=CCC1(SC)N=NN=N1. The van der Waals surface area contributed by atoms with Crippen LogP contribution >= 0.6 is 11.8 Å². The summed E-state index contributed by atoms with van der Waals surface area (Å²) in [6.07, 6.45) is 4.37. The molecule has 0 aromatic carbocycles. The van der Waals surface area contributed by atoms with Crippen molar-refractivity contribution in [3.63, 3.8) is 0 Å². The molecule has 0 amide bonds. The highest BCUT2D eigenvalue weighted by molar-refractivity contribution is 7.99. The molecule has 0 aromatic heterocycles. The van der Waals surface area contributed by atoms with Gasteiger partial charge >= 0.3 is 0 Å². The Hall–Kier alpha value is -0.710. The van der Waals surface area contributed by atoms with Crippen molar-refractivity contribution in [2.75, 3.05) is 6.26 Å². The van der Waals surface area contributed by atoms with Crippen molar-refractivity contribution >= 4 is 11.8 Å². The highest BCUT2D eigenvalue weighted by Crippen LogP contribution is 2.34. The number of hydrogen-bond donors (Lipinski definition) is 0. The molecule has 0 radical (unpaired) electrons. The fourth-order valence-corrected chi connectivity index (χ4v) is 1.16. The second-order valence-corrected chi connectivity index (χ2v) is 2.88. The highest BCUT2D eigenvalue weighted by atomic mass is 32.2. The monoisotopic (exact) mass is 156 g/mol. The Balaban J connectivity index is 2.68. The lowest BCUT2D eigenvalue weighted by Crippen LogP contribution is -2.13. The lowest BCUT2D eigenvalue weighted by molar-refractivity contribution is 0.651. The van der Waals surface area contributed by atoms with Crippen LogP contribution in [-0.2, 0) is 0 Å². The van der Waals surface area contributed by atoms with E-state index in [1.54, 1.807) is 6.08 Å². The Morgan fingerprint density at radius 2 is 2.10 bits per heavy atom. The van der Waals surface area contributed by atoms with Crippen molar-refractivity contribution in [3.05, 3.63) is 12.7 Å². The summed E-state index contributed by atoms with van der Waals surface area (Å²) in [6.45, 7) is 3.60. The second kappa shape index (κ2) is 2.92. The van der Waals surface area contributed by atoms with Crippen molar-refractivity contribution in [1.29, 1.82) is 0 Å². The zero-order valence-corrected chi connectivity index (χ0v) is 6.51. The molecule has 0 aliphatic carbocycles. The maximum absolute atomic E-state index is 3.86. The topological polar surface area (TPSA) is 49.4 Å². The van der Waals surface area contributed by atoms with Crippen LogP contribution in [0.3, 0.4) is 0 Å². The minimum absolute atomic E-state index is 0.498. The van der Waals surface area contributed by atoms with E-state index in [0.29, 0.717) is 6.42 Å². The number of thioether (sulfide) groups is 1. The smallest absolute Gasteiger partial charge is 0.123 e. The Morgan fingerprint density at radius 3 is 2.50 bits per heavy atom. The molecule has 1 aliphatic heterocycles. The van der Waals surface area contributed by atoms with E-state index in [1.165, 1.54) is 11.8 Å². The van der Waals surface area contributed by atoms with Crippen molar-refractivity contribution < 1.29 is 0 Å². The van der Waals surface area contributed by atoms with Crippen LogP contribution in [0.15, 0.2) is 33.3 Å². The molecule has 1 aliphatic rings. The lowest BCUT2D eigenvalue weighted by Gasteiger charge is -2.12. The first-order valence-electron chi connectivity index (χ1n) is 2.83. The highest BCUT2D eigenvalue weighted by Gasteiger charge is 2.29. The maximum atomic E-state index is 3.86. The largest absolute Gasteiger partial charge is 0.243 e. The van der Waals surface area contributed by atoms with E-state index in [9.17, 15) is 0 Å². The molecule has 0 unspecified atom stereocenters. The van der Waals surface area contributed by atoms with Crippen LogP contribution < -0.4 is 0 Å². The molecular formula is C5H8N4S. The Morgan fingerprint density at radius 1 is 1.50 bits per heavy atom. The van der Waals surface area contributed by atoms with Gasteiger partial charge in [-0.1, -0.05) is 6.08 Å². The second-order valence-electron chi connectivity index (χ2n) is 1.82. The summed E-state index contributed by atoms with van der Waals surface area (Å²) in [4.78, 5) is -0.498. The first-order chi connectivity index (χ1) is 4.83. The van der Waals surface area contributed by atoms with Crippen molar-refractivity contribution in [3.8, 4) is 0 Å². The van der Waals surface area contributed by atoms with Crippen LogP contribution in [0, 0.1) is 0 Å². The molecule has 0 saturated carbocycles. The number of hydrogen-bond acceptors (Lipinski definition) is 5. The first-order valence-corrected chi connectivity index (χ1v) is 4.05. The van der Waals surface area contributed by atoms with Gasteiger partial charge in [0.1, 0.15) is 0 Å². The molecule has 0 bridgehead atoms. The molecule has 0 atom stereocenters. The van der Waals surface area contributed by atoms with Crippen LogP contribution in [0.5, 0.6) is 0 Å². The van der Waals surface area contributed by atoms with Crippen LogP contribution in [0.4, 0.5) is 0 Å². The van der Waals surface area contributed by atoms with Gasteiger partial charge in [-0.2, -0.15) is 0 Å². The number of rotatable bonds is 3. The minimum Gasteiger partial charge on any atom is -0.123 e. The molecule has 1 rings (SSSR count). The van der Waals surface area contributed by atoms with E-state index in [-0.39, 0.29) is 0 Å². The third kappa shape index (κ3) is 1.23. The number of nitrogens with zero attached hydrogens (tertiary/aromatic N) is 4. The summed E-state index contributed by atoms with van der Waals surface area (Å²) in [6, 6.07) is 0. The molecule has 5 heteroatoms. The van der Waals surface area contributed by atoms with Gasteiger partial charge in [0, 0.05) is 6.42 Å². The summed E-state index contributed by atoms with van der Waals surface area (Å²) in [5.41, 5.74) is 0. The summed E-state index contributed by atoms with van der Waals surface area (Å²) >= 11 is 1.51. The zero-order chi connectivity index (χ0) is 7.45. The third-order valence-electron chi connectivity index (χ3n) is 1.18. The van der Waals surface area contributed by atoms with E-state index in [2.05, 4.69) is 27.3 Å². The van der Waals surface area contributed by atoms with Gasteiger partial charge in [-0.05, 0) is 16.7 Å². The van der Waals surface area contributed by atoms with Gasteiger partial charge in [-0.15, -0.1) is 28.6 Å². The van der Waals surface area contributed by atoms with Crippen LogP contribution in [0.25, 0.3) is 0 Å². The summed E-state index contributed by atoms with van der Waals surface area (Å²) in [5, 5.41) is 14.6. The third-order valence-corrected chi connectivity index (χ3v) is 2.16. The molecule has 4 nitrogen and oxygen atoms in total. The average molecular weight is 156 g/mol. The molecular weight excluding hydrogens is 148 g/mol. The van der Waals surface area contributed by atoms with Crippen molar-refractivity contribution in [2.45, 2.75) is 11.4 Å². The standard InChI is InChI=1S/C5H8N4S/c1-3-4-5(10-2)6-8-9-7-5/h3H,1,4H2,2H3. The van der Waals surface area contributed by atoms with Crippen molar-refractivity contribution in [1.82, 2.24) is 0 Å². The molecule has 0 N–H and O–H groups in total. The van der Waals surface area contributed by atoms with E-state index >= 15 is 0 Å². The lowest BCUT2D eigenvalue weighted by atomic mass is 10.3. The zero-order valence-electron chi connectivity index (χ0n) is 5.69. The fraction of sp³-hybridized carbons (Fsp3) is 0.600. The van der Waals surface area contributed by atoms with Gasteiger partial charge in [0.05, 0.1) is 0 Å². The van der Waals surface area contributed by atoms with Gasteiger partial charge in [0.15, 0.2) is 0 Å². The minimum atomic E-state index is -0.498. The van der Waals surface area contributed by atoms with Crippen molar-refractivity contribution in [2.24, 2.45) is 20.7 Å². The van der Waals surface area contributed by atoms with Gasteiger partial charge < -0.3 is 0 Å². The molecule has 0 aromatic rings. The van der Waals surface area contributed by atoms with Gasteiger partial charge in [-0.25, -0.2) is 0 Å². The van der Waals surface area contributed by atoms with Gasteiger partial charge in [0.2, 0.25) is 4.99 Å². The molecule has 0 fully saturated rings. The van der Waals surface area contributed by atoms with Gasteiger partial charge in [0.25, 0.3) is 0 Å². The van der Waals surface area contributed by atoms with E-state index in [4.69, 9.17) is 0 Å². The van der Waals surface area contributed by atoms with E-state index in [0.717, 1.165) is 0 Å². The van der Waals surface area contributed by atoms with E-state index < -0.39 is 4.99 Å². The predicted octanol–water partition coefficient (Wildman–Crippen LogP) is 2.41. The summed E-state index contributed by atoms with van der Waals surface area (Å²) in [5.74, 6) is 0. The Labute approximate surface area is 63.5 Å². The summed E-state index contributed by atoms with van der Waals surface area (Å²) in [7, 11) is 0. The Kier molecular flexibility index (Phi) is 2.16. The normalized spacial score (nSPS) is 19.7. The molecule has 0 spiro atoms. The molecule has 54 valence electrons. The van der Waals surface area contributed by atoms with E-state index in [1.807, 2.05) is 6.26 Å². The fourth-order valence-electron chi connectivity index (χ4n) is 0.634. The Bertz CT molecular complexity index is 174. The molecule has 1 heterocycles. The quantitative estimate of drug-likeness (QED) is 0.579.